The standard InChI is InChI=1S/C14H16N2O2/c15-9-12-3-1-2-4-13(12)18-10-14(17)16-8-7-11-5-6-11/h1-4,11H,5-8,10H2,(H,16,17). The normalized spacial score (nSPS) is 13.7. The van der Waals surface area contributed by atoms with Crippen molar-refractivity contribution in [2.45, 2.75) is 19.3 Å². The summed E-state index contributed by atoms with van der Waals surface area (Å²) in [4.78, 5) is 11.5. The first-order valence-corrected chi connectivity index (χ1v) is 6.18. The van der Waals surface area contributed by atoms with Crippen LogP contribution in [0, 0.1) is 17.2 Å². The topological polar surface area (TPSA) is 62.1 Å². The number of nitrogens with zero attached hydrogens (tertiary/aromatic N) is 1. The van der Waals surface area contributed by atoms with E-state index in [1.807, 2.05) is 6.07 Å². The Bertz CT molecular complexity index is 461. The third-order valence-corrected chi connectivity index (χ3v) is 2.94. The second-order valence-corrected chi connectivity index (χ2v) is 4.48. The number of nitriles is 1. The quantitative estimate of drug-likeness (QED) is 0.830. The third kappa shape index (κ3) is 3.77. The molecule has 1 saturated carbocycles. The average Bonchev–Trinajstić information content (AvgIpc) is 3.21. The van der Waals surface area contributed by atoms with Crippen molar-refractivity contribution in [3.8, 4) is 11.8 Å². The number of benzene rings is 1. The molecule has 1 amide bonds. The fourth-order valence-electron chi connectivity index (χ4n) is 1.70. The maximum atomic E-state index is 11.5. The molecule has 0 atom stereocenters. The van der Waals surface area contributed by atoms with E-state index in [0.29, 0.717) is 17.9 Å². The van der Waals surface area contributed by atoms with E-state index in [0.717, 1.165) is 12.3 Å². The molecule has 1 fully saturated rings. The summed E-state index contributed by atoms with van der Waals surface area (Å²) in [6.45, 7) is 0.677. The lowest BCUT2D eigenvalue weighted by molar-refractivity contribution is -0.123. The van der Waals surface area contributed by atoms with Crippen LogP contribution >= 0.6 is 0 Å². The Hall–Kier alpha value is -2.02. The van der Waals surface area contributed by atoms with Crippen LogP contribution in [-0.4, -0.2) is 19.1 Å². The van der Waals surface area contributed by atoms with Crippen LogP contribution in [0.4, 0.5) is 0 Å². The van der Waals surface area contributed by atoms with Gasteiger partial charge in [-0.2, -0.15) is 5.26 Å². The number of para-hydroxylation sites is 1. The number of ether oxygens (including phenoxy) is 1. The molecule has 4 heteroatoms. The Morgan fingerprint density at radius 3 is 2.94 bits per heavy atom. The highest BCUT2D eigenvalue weighted by Crippen LogP contribution is 2.31. The smallest absolute Gasteiger partial charge is 0.257 e. The first kappa shape index (κ1) is 12.4. The van der Waals surface area contributed by atoms with Crippen LogP contribution in [0.1, 0.15) is 24.8 Å². The highest BCUT2D eigenvalue weighted by atomic mass is 16.5. The van der Waals surface area contributed by atoms with Crippen LogP contribution in [0.3, 0.4) is 0 Å². The molecule has 4 nitrogen and oxygen atoms in total. The van der Waals surface area contributed by atoms with Gasteiger partial charge < -0.3 is 10.1 Å². The van der Waals surface area contributed by atoms with Crippen LogP contribution in [0.25, 0.3) is 0 Å². The summed E-state index contributed by atoms with van der Waals surface area (Å²) in [5, 5.41) is 11.7. The molecule has 1 N–H and O–H groups in total. The van der Waals surface area contributed by atoms with Crippen LogP contribution in [-0.2, 0) is 4.79 Å². The molecule has 1 aliphatic carbocycles. The summed E-state index contributed by atoms with van der Waals surface area (Å²) >= 11 is 0. The zero-order valence-electron chi connectivity index (χ0n) is 10.2. The minimum atomic E-state index is -0.136. The molecule has 2 rings (SSSR count). The van der Waals surface area contributed by atoms with Gasteiger partial charge in [-0.3, -0.25) is 4.79 Å². The Labute approximate surface area is 107 Å². The lowest BCUT2D eigenvalue weighted by Crippen LogP contribution is -2.30. The van der Waals surface area contributed by atoms with Crippen molar-refractivity contribution in [1.82, 2.24) is 5.32 Å². The van der Waals surface area contributed by atoms with Gasteiger partial charge in [0.1, 0.15) is 11.8 Å². The number of hydrogen-bond acceptors (Lipinski definition) is 3. The molecule has 0 aromatic heterocycles. The van der Waals surface area contributed by atoms with E-state index in [1.165, 1.54) is 12.8 Å². The molecule has 1 aromatic carbocycles. The molecule has 1 aromatic rings. The fraction of sp³-hybridized carbons (Fsp3) is 0.429. The predicted octanol–water partition coefficient (Wildman–Crippen LogP) is 1.85. The van der Waals surface area contributed by atoms with Gasteiger partial charge in [-0.25, -0.2) is 0 Å². The van der Waals surface area contributed by atoms with Gasteiger partial charge in [-0.15, -0.1) is 0 Å². The largest absolute Gasteiger partial charge is 0.482 e. The maximum Gasteiger partial charge on any atom is 0.257 e. The minimum absolute atomic E-state index is 0.0383. The van der Waals surface area contributed by atoms with E-state index in [2.05, 4.69) is 5.32 Å². The molecule has 0 heterocycles. The van der Waals surface area contributed by atoms with Gasteiger partial charge in [0.05, 0.1) is 5.56 Å². The molecule has 1 aliphatic rings. The van der Waals surface area contributed by atoms with E-state index < -0.39 is 0 Å². The fourth-order valence-corrected chi connectivity index (χ4v) is 1.70. The first-order chi connectivity index (χ1) is 8.79. The summed E-state index contributed by atoms with van der Waals surface area (Å²) in [5.74, 6) is 1.13. The van der Waals surface area contributed by atoms with E-state index in [1.54, 1.807) is 24.3 Å². The van der Waals surface area contributed by atoms with Gasteiger partial charge in [-0.1, -0.05) is 25.0 Å². The number of carbonyl (C=O) groups is 1. The van der Waals surface area contributed by atoms with Crippen molar-refractivity contribution in [3.63, 3.8) is 0 Å². The second-order valence-electron chi connectivity index (χ2n) is 4.48. The summed E-state index contributed by atoms with van der Waals surface area (Å²) in [7, 11) is 0. The third-order valence-electron chi connectivity index (χ3n) is 2.94. The Morgan fingerprint density at radius 1 is 1.44 bits per heavy atom. The predicted molar refractivity (Wildman–Crippen MR) is 67.0 cm³/mol. The lowest BCUT2D eigenvalue weighted by atomic mass is 10.2. The van der Waals surface area contributed by atoms with Gasteiger partial charge in [-0.05, 0) is 24.5 Å². The highest BCUT2D eigenvalue weighted by molar-refractivity contribution is 5.77. The molecule has 0 radical (unpaired) electrons. The molecule has 0 saturated heterocycles. The van der Waals surface area contributed by atoms with E-state index in [9.17, 15) is 4.79 Å². The Kier molecular flexibility index (Phi) is 4.19. The molecule has 0 bridgehead atoms. The van der Waals surface area contributed by atoms with Gasteiger partial charge in [0.2, 0.25) is 0 Å². The molecular weight excluding hydrogens is 228 g/mol. The highest BCUT2D eigenvalue weighted by Gasteiger charge is 2.20. The van der Waals surface area contributed by atoms with E-state index >= 15 is 0 Å². The monoisotopic (exact) mass is 244 g/mol. The summed E-state index contributed by atoms with van der Waals surface area (Å²) in [5.41, 5.74) is 0.447. The number of nitrogens with one attached hydrogen (secondary N) is 1. The molecule has 94 valence electrons. The van der Waals surface area contributed by atoms with Gasteiger partial charge in [0.25, 0.3) is 5.91 Å². The first-order valence-electron chi connectivity index (χ1n) is 6.18. The van der Waals surface area contributed by atoms with Crippen molar-refractivity contribution in [2.24, 2.45) is 5.92 Å². The zero-order chi connectivity index (χ0) is 12.8. The zero-order valence-corrected chi connectivity index (χ0v) is 10.2. The summed E-state index contributed by atoms with van der Waals surface area (Å²) in [6, 6.07) is 8.93. The summed E-state index contributed by atoms with van der Waals surface area (Å²) in [6.07, 6.45) is 3.64. The van der Waals surface area contributed by atoms with Crippen molar-refractivity contribution in [3.05, 3.63) is 29.8 Å². The van der Waals surface area contributed by atoms with Gasteiger partial charge in [0.15, 0.2) is 6.61 Å². The number of carbonyl (C=O) groups excluding carboxylic acids is 1. The number of hydrogen-bond donors (Lipinski definition) is 1. The molecular formula is C14H16N2O2. The molecule has 0 unspecified atom stereocenters. The Morgan fingerprint density at radius 2 is 2.22 bits per heavy atom. The van der Waals surface area contributed by atoms with Crippen molar-refractivity contribution in [2.75, 3.05) is 13.2 Å². The SMILES string of the molecule is N#Cc1ccccc1OCC(=O)NCCC1CC1. The number of rotatable bonds is 6. The minimum Gasteiger partial charge on any atom is -0.482 e. The van der Waals surface area contributed by atoms with Crippen LogP contribution in [0.2, 0.25) is 0 Å². The average molecular weight is 244 g/mol. The molecule has 0 aliphatic heterocycles. The summed E-state index contributed by atoms with van der Waals surface area (Å²) < 4.78 is 5.33. The van der Waals surface area contributed by atoms with Crippen molar-refractivity contribution >= 4 is 5.91 Å². The lowest BCUT2D eigenvalue weighted by Gasteiger charge is -2.08. The Balaban J connectivity index is 1.72. The van der Waals surface area contributed by atoms with Crippen molar-refractivity contribution in [1.29, 1.82) is 5.26 Å². The van der Waals surface area contributed by atoms with Crippen LogP contribution < -0.4 is 10.1 Å². The van der Waals surface area contributed by atoms with Gasteiger partial charge in [0, 0.05) is 6.54 Å². The van der Waals surface area contributed by atoms with Gasteiger partial charge >= 0.3 is 0 Å². The maximum absolute atomic E-state index is 11.5. The van der Waals surface area contributed by atoms with E-state index in [4.69, 9.17) is 10.00 Å². The van der Waals surface area contributed by atoms with E-state index in [-0.39, 0.29) is 12.5 Å². The van der Waals surface area contributed by atoms with Crippen LogP contribution in [0.5, 0.6) is 5.75 Å². The number of amides is 1. The van der Waals surface area contributed by atoms with Crippen LogP contribution in [0.15, 0.2) is 24.3 Å². The second kappa shape index (κ2) is 6.06. The van der Waals surface area contributed by atoms with Crippen molar-refractivity contribution < 1.29 is 9.53 Å². The molecule has 0 spiro atoms. The molecule has 18 heavy (non-hydrogen) atoms.